The van der Waals surface area contributed by atoms with Crippen molar-refractivity contribution in [2.24, 2.45) is 5.92 Å². The highest BCUT2D eigenvalue weighted by molar-refractivity contribution is 5.96. The predicted octanol–water partition coefficient (Wildman–Crippen LogP) is 7.89. The molecule has 1 atom stereocenters. The second-order valence-electron chi connectivity index (χ2n) is 8.90. The first-order valence-corrected chi connectivity index (χ1v) is 11.8. The molecule has 0 bridgehead atoms. The number of ether oxygens (including phenoxy) is 1. The molecule has 1 fully saturated rings. The van der Waals surface area contributed by atoms with E-state index < -0.39 is 23.7 Å². The van der Waals surface area contributed by atoms with E-state index in [2.05, 4.69) is 6.92 Å². The number of rotatable bonds is 9. The molecule has 0 radical (unpaired) electrons. The Bertz CT molecular complexity index is 933. The summed E-state index contributed by atoms with van der Waals surface area (Å²) in [6.45, 7) is 6.06. The number of carbonyl (C=O) groups is 1. The first kappa shape index (κ1) is 24.4. The summed E-state index contributed by atoms with van der Waals surface area (Å²) in [5.74, 6) is -2.09. The molecule has 0 heterocycles. The summed E-state index contributed by atoms with van der Waals surface area (Å²) in [6.07, 6.45) is 7.56. The van der Waals surface area contributed by atoms with Crippen LogP contribution in [-0.4, -0.2) is 17.7 Å². The first-order valence-electron chi connectivity index (χ1n) is 11.8. The van der Waals surface area contributed by atoms with Crippen LogP contribution in [0.1, 0.15) is 99.2 Å². The van der Waals surface area contributed by atoms with Gasteiger partial charge in [-0.1, -0.05) is 44.4 Å². The molecule has 1 N–H and O–H groups in total. The SMILES string of the molecule is CCCC[C@H]1CC[C@H](c2ccc(C(=O)O)c(-c3ccc(C(C)OCC)c(F)c3F)c2)CC1. The van der Waals surface area contributed by atoms with Crippen LogP contribution in [-0.2, 0) is 4.74 Å². The third kappa shape index (κ3) is 5.37. The van der Waals surface area contributed by atoms with Crippen LogP contribution in [0.2, 0.25) is 0 Å². The summed E-state index contributed by atoms with van der Waals surface area (Å²) in [4.78, 5) is 11.8. The van der Waals surface area contributed by atoms with Gasteiger partial charge in [-0.05, 0) is 74.6 Å². The minimum atomic E-state index is -1.15. The van der Waals surface area contributed by atoms with E-state index in [-0.39, 0.29) is 22.3 Å². The lowest BCUT2D eigenvalue weighted by Crippen LogP contribution is -2.14. The highest BCUT2D eigenvalue weighted by Gasteiger charge is 2.26. The Hall–Kier alpha value is -2.27. The fraction of sp³-hybridized carbons (Fsp3) is 0.519. The average Bonchev–Trinajstić information content (AvgIpc) is 2.79. The van der Waals surface area contributed by atoms with Gasteiger partial charge in [0.15, 0.2) is 11.6 Å². The number of aromatic carboxylic acids is 1. The Morgan fingerprint density at radius 2 is 1.78 bits per heavy atom. The van der Waals surface area contributed by atoms with Gasteiger partial charge in [0.1, 0.15) is 0 Å². The van der Waals surface area contributed by atoms with Crippen molar-refractivity contribution in [3.8, 4) is 11.1 Å². The van der Waals surface area contributed by atoms with E-state index in [0.717, 1.165) is 37.2 Å². The van der Waals surface area contributed by atoms with Crippen molar-refractivity contribution in [2.45, 2.75) is 77.7 Å². The fourth-order valence-corrected chi connectivity index (χ4v) is 4.93. The zero-order valence-corrected chi connectivity index (χ0v) is 19.3. The van der Waals surface area contributed by atoms with E-state index in [1.165, 1.54) is 37.5 Å². The van der Waals surface area contributed by atoms with Gasteiger partial charge in [0.25, 0.3) is 0 Å². The van der Waals surface area contributed by atoms with Gasteiger partial charge in [-0.15, -0.1) is 0 Å². The maximum atomic E-state index is 15.1. The molecule has 0 aliphatic heterocycles. The molecule has 1 unspecified atom stereocenters. The molecular formula is C27H34F2O3. The normalized spacial score (nSPS) is 19.7. The van der Waals surface area contributed by atoms with E-state index in [4.69, 9.17) is 4.74 Å². The number of hydrogen-bond donors (Lipinski definition) is 1. The molecule has 1 saturated carbocycles. The monoisotopic (exact) mass is 444 g/mol. The maximum absolute atomic E-state index is 15.1. The largest absolute Gasteiger partial charge is 0.478 e. The highest BCUT2D eigenvalue weighted by atomic mass is 19.2. The predicted molar refractivity (Wildman–Crippen MR) is 123 cm³/mol. The molecule has 174 valence electrons. The molecule has 2 aromatic carbocycles. The molecule has 0 aromatic heterocycles. The second kappa shape index (κ2) is 11.0. The number of carboxylic acids is 1. The summed E-state index contributed by atoms with van der Waals surface area (Å²) in [6, 6.07) is 8.08. The molecule has 32 heavy (non-hydrogen) atoms. The van der Waals surface area contributed by atoms with Crippen LogP contribution in [0.4, 0.5) is 8.78 Å². The van der Waals surface area contributed by atoms with Crippen LogP contribution in [0.3, 0.4) is 0 Å². The van der Waals surface area contributed by atoms with Gasteiger partial charge in [0.05, 0.1) is 11.7 Å². The summed E-state index contributed by atoms with van der Waals surface area (Å²) in [5, 5.41) is 9.68. The minimum Gasteiger partial charge on any atom is -0.478 e. The average molecular weight is 445 g/mol. The van der Waals surface area contributed by atoms with Crippen molar-refractivity contribution >= 4 is 5.97 Å². The van der Waals surface area contributed by atoms with Gasteiger partial charge in [-0.25, -0.2) is 13.6 Å². The minimum absolute atomic E-state index is 0.0192. The van der Waals surface area contributed by atoms with Crippen LogP contribution in [0.25, 0.3) is 11.1 Å². The van der Waals surface area contributed by atoms with Gasteiger partial charge in [-0.2, -0.15) is 0 Å². The molecule has 3 nitrogen and oxygen atoms in total. The smallest absolute Gasteiger partial charge is 0.336 e. The van der Waals surface area contributed by atoms with E-state index in [1.807, 2.05) is 6.07 Å². The van der Waals surface area contributed by atoms with Gasteiger partial charge < -0.3 is 9.84 Å². The van der Waals surface area contributed by atoms with E-state index >= 15 is 4.39 Å². The molecule has 1 aliphatic rings. The first-order chi connectivity index (χ1) is 15.4. The lowest BCUT2D eigenvalue weighted by molar-refractivity contribution is 0.0696. The molecular weight excluding hydrogens is 410 g/mol. The van der Waals surface area contributed by atoms with E-state index in [9.17, 15) is 14.3 Å². The summed E-state index contributed by atoms with van der Waals surface area (Å²) >= 11 is 0. The van der Waals surface area contributed by atoms with Gasteiger partial charge >= 0.3 is 5.97 Å². The summed E-state index contributed by atoms with van der Waals surface area (Å²) < 4.78 is 35.4. The van der Waals surface area contributed by atoms with E-state index in [1.54, 1.807) is 19.9 Å². The number of carboxylic acid groups (broad SMARTS) is 1. The lowest BCUT2D eigenvalue weighted by Gasteiger charge is -2.29. The lowest BCUT2D eigenvalue weighted by atomic mass is 9.76. The molecule has 2 aromatic rings. The number of halogens is 2. The Morgan fingerprint density at radius 3 is 2.41 bits per heavy atom. The summed E-state index contributed by atoms with van der Waals surface area (Å²) in [7, 11) is 0. The number of unbranched alkanes of at least 4 members (excludes halogenated alkanes) is 1. The van der Waals surface area contributed by atoms with Crippen LogP contribution in [0.5, 0.6) is 0 Å². The Balaban J connectivity index is 1.93. The van der Waals surface area contributed by atoms with Crippen molar-refractivity contribution in [1.29, 1.82) is 0 Å². The van der Waals surface area contributed by atoms with Crippen molar-refractivity contribution in [3.63, 3.8) is 0 Å². The standard InChI is InChI=1S/C27H34F2O3/c1-4-6-7-18-8-10-19(11-9-18)20-12-13-23(27(30)31)24(16-20)22-15-14-21(17(3)32-5-2)25(28)26(22)29/h12-19H,4-11H2,1-3H3,(H,30,31)/t17?,18-,19-. The Labute approximate surface area is 189 Å². The molecule has 0 saturated heterocycles. The molecule has 3 rings (SSSR count). The third-order valence-corrected chi connectivity index (χ3v) is 6.82. The van der Waals surface area contributed by atoms with Gasteiger partial charge in [-0.3, -0.25) is 0 Å². The van der Waals surface area contributed by atoms with Gasteiger partial charge in [0.2, 0.25) is 0 Å². The van der Waals surface area contributed by atoms with Crippen molar-refractivity contribution in [1.82, 2.24) is 0 Å². The van der Waals surface area contributed by atoms with Crippen LogP contribution in [0, 0.1) is 17.6 Å². The number of benzene rings is 2. The van der Waals surface area contributed by atoms with Crippen molar-refractivity contribution in [3.05, 3.63) is 58.7 Å². The molecule has 0 spiro atoms. The van der Waals surface area contributed by atoms with Crippen LogP contribution >= 0.6 is 0 Å². The summed E-state index contributed by atoms with van der Waals surface area (Å²) in [5.41, 5.74) is 1.33. The Kier molecular flexibility index (Phi) is 8.41. The van der Waals surface area contributed by atoms with Crippen molar-refractivity contribution in [2.75, 3.05) is 6.61 Å². The number of hydrogen-bond acceptors (Lipinski definition) is 2. The van der Waals surface area contributed by atoms with Gasteiger partial charge in [0, 0.05) is 17.7 Å². The van der Waals surface area contributed by atoms with E-state index in [0.29, 0.717) is 12.5 Å². The zero-order valence-electron chi connectivity index (χ0n) is 19.3. The zero-order chi connectivity index (χ0) is 23.3. The van der Waals surface area contributed by atoms with Crippen LogP contribution in [0.15, 0.2) is 30.3 Å². The Morgan fingerprint density at radius 1 is 1.06 bits per heavy atom. The van der Waals surface area contributed by atoms with Crippen molar-refractivity contribution < 1.29 is 23.4 Å². The van der Waals surface area contributed by atoms with Crippen LogP contribution < -0.4 is 0 Å². The quantitative estimate of drug-likeness (QED) is 0.428. The topological polar surface area (TPSA) is 46.5 Å². The molecule has 1 aliphatic carbocycles. The third-order valence-electron chi connectivity index (χ3n) is 6.82. The molecule has 0 amide bonds. The highest BCUT2D eigenvalue weighted by Crippen LogP contribution is 2.40. The maximum Gasteiger partial charge on any atom is 0.336 e. The second-order valence-corrected chi connectivity index (χ2v) is 8.90. The molecule has 5 heteroatoms. The fourth-order valence-electron chi connectivity index (χ4n) is 4.93.